The molecule has 0 radical (unpaired) electrons. The van der Waals surface area contributed by atoms with Gasteiger partial charge in [-0.25, -0.2) is 9.97 Å². The van der Waals surface area contributed by atoms with E-state index in [-0.39, 0.29) is 5.91 Å². The van der Waals surface area contributed by atoms with Gasteiger partial charge in [0, 0.05) is 16.8 Å². The molecule has 2 aromatic heterocycles. The molecule has 3 rings (SSSR count). The van der Waals surface area contributed by atoms with Crippen LogP contribution in [0.4, 0.5) is 0 Å². The molecule has 1 aliphatic carbocycles. The molecule has 0 unspecified atom stereocenters. The molecule has 118 valence electrons. The summed E-state index contributed by atoms with van der Waals surface area (Å²) in [5, 5.41) is 5.12. The third-order valence-corrected chi connectivity index (χ3v) is 5.95. The van der Waals surface area contributed by atoms with Crippen LogP contribution in [0.2, 0.25) is 0 Å². The number of carbonyl (C=O) groups excluding carboxylic acids is 1. The lowest BCUT2D eigenvalue weighted by atomic mass is 9.97. The Hall–Kier alpha value is -1.14. The van der Waals surface area contributed by atoms with Gasteiger partial charge in [-0.05, 0) is 37.2 Å². The van der Waals surface area contributed by atoms with E-state index in [4.69, 9.17) is 0 Å². The zero-order valence-electron chi connectivity index (χ0n) is 13.0. The normalized spacial score (nSPS) is 14.3. The summed E-state index contributed by atoms with van der Waals surface area (Å²) in [7, 11) is 0. The highest BCUT2D eigenvalue weighted by molar-refractivity contribution is 8.00. The van der Waals surface area contributed by atoms with E-state index >= 15 is 0 Å². The highest BCUT2D eigenvalue weighted by Gasteiger charge is 2.20. The first-order valence-electron chi connectivity index (χ1n) is 7.80. The van der Waals surface area contributed by atoms with Crippen LogP contribution < -0.4 is 5.32 Å². The van der Waals surface area contributed by atoms with Crippen LogP contribution in [-0.4, -0.2) is 28.2 Å². The van der Waals surface area contributed by atoms with Crippen molar-refractivity contribution < 1.29 is 4.79 Å². The number of aryl methyl sites for hydroxylation is 2. The number of carbonyl (C=O) groups is 1. The summed E-state index contributed by atoms with van der Waals surface area (Å²) in [4.78, 5) is 23.3. The minimum Gasteiger partial charge on any atom is -0.355 e. The van der Waals surface area contributed by atoms with Gasteiger partial charge < -0.3 is 5.32 Å². The summed E-state index contributed by atoms with van der Waals surface area (Å²) in [6, 6.07) is 0. The molecule has 0 fully saturated rings. The number of rotatable bonds is 5. The zero-order valence-corrected chi connectivity index (χ0v) is 14.6. The molecule has 2 heterocycles. The van der Waals surface area contributed by atoms with Crippen LogP contribution >= 0.6 is 23.1 Å². The van der Waals surface area contributed by atoms with Crippen LogP contribution in [-0.2, 0) is 17.6 Å². The van der Waals surface area contributed by atoms with Gasteiger partial charge in [-0.3, -0.25) is 4.79 Å². The van der Waals surface area contributed by atoms with E-state index in [1.807, 2.05) is 0 Å². The van der Waals surface area contributed by atoms with Crippen LogP contribution in [0.25, 0.3) is 10.2 Å². The van der Waals surface area contributed by atoms with Gasteiger partial charge in [-0.1, -0.05) is 25.6 Å². The quantitative estimate of drug-likeness (QED) is 0.672. The smallest absolute Gasteiger partial charge is 0.230 e. The van der Waals surface area contributed by atoms with Crippen LogP contribution in [0, 0.1) is 5.92 Å². The summed E-state index contributed by atoms with van der Waals surface area (Å²) in [5.41, 5.74) is 1.43. The van der Waals surface area contributed by atoms with Crippen molar-refractivity contribution in [3.8, 4) is 0 Å². The standard InChI is InChI=1S/C16H21N3OS2/c1-10(2)7-17-13(20)8-21-15-14-11-5-3-4-6-12(11)22-16(14)19-9-18-15/h9-10H,3-8H2,1-2H3,(H,17,20). The third kappa shape index (κ3) is 3.43. The topological polar surface area (TPSA) is 54.9 Å². The average Bonchev–Trinajstić information content (AvgIpc) is 2.90. The lowest BCUT2D eigenvalue weighted by molar-refractivity contribution is -0.118. The van der Waals surface area contributed by atoms with E-state index < -0.39 is 0 Å². The van der Waals surface area contributed by atoms with Gasteiger partial charge in [0.25, 0.3) is 0 Å². The van der Waals surface area contributed by atoms with Gasteiger partial charge >= 0.3 is 0 Å². The summed E-state index contributed by atoms with van der Waals surface area (Å²) >= 11 is 3.33. The van der Waals surface area contributed by atoms with Gasteiger partial charge in [0.15, 0.2) is 0 Å². The van der Waals surface area contributed by atoms with Crippen molar-refractivity contribution in [3.63, 3.8) is 0 Å². The van der Waals surface area contributed by atoms with E-state index in [0.29, 0.717) is 11.7 Å². The minimum absolute atomic E-state index is 0.0783. The van der Waals surface area contributed by atoms with Crippen molar-refractivity contribution in [2.75, 3.05) is 12.3 Å². The van der Waals surface area contributed by atoms with E-state index in [0.717, 1.165) is 29.2 Å². The second-order valence-corrected chi connectivity index (χ2v) is 8.10. The predicted molar refractivity (Wildman–Crippen MR) is 92.6 cm³/mol. The Balaban J connectivity index is 1.76. The Kier molecular flexibility index (Phi) is 4.98. The molecule has 0 atom stereocenters. The fourth-order valence-corrected chi connectivity index (χ4v) is 4.82. The molecule has 1 amide bonds. The summed E-state index contributed by atoms with van der Waals surface area (Å²) in [6.45, 7) is 4.92. The number of nitrogens with one attached hydrogen (secondary N) is 1. The molecule has 6 heteroatoms. The highest BCUT2D eigenvalue weighted by atomic mass is 32.2. The van der Waals surface area contributed by atoms with E-state index in [9.17, 15) is 4.79 Å². The largest absolute Gasteiger partial charge is 0.355 e. The molecule has 0 bridgehead atoms. The fraction of sp³-hybridized carbons (Fsp3) is 0.562. The van der Waals surface area contributed by atoms with Gasteiger partial charge in [0.05, 0.1) is 5.75 Å². The van der Waals surface area contributed by atoms with Crippen LogP contribution in [0.15, 0.2) is 11.4 Å². The molecule has 1 N–H and O–H groups in total. The maximum Gasteiger partial charge on any atom is 0.230 e. The Bertz CT molecular complexity index is 681. The van der Waals surface area contributed by atoms with Crippen LogP contribution in [0.3, 0.4) is 0 Å². The maximum atomic E-state index is 11.9. The molecular formula is C16H21N3OS2. The summed E-state index contributed by atoms with van der Waals surface area (Å²) in [5.74, 6) is 0.974. The molecule has 0 aliphatic heterocycles. The molecule has 1 aliphatic rings. The number of thiophene rings is 1. The summed E-state index contributed by atoms with van der Waals surface area (Å²) in [6.07, 6.45) is 6.42. The molecule has 2 aromatic rings. The third-order valence-electron chi connectivity index (χ3n) is 3.76. The second kappa shape index (κ2) is 6.96. The Morgan fingerprint density at radius 1 is 1.36 bits per heavy atom. The molecule has 0 spiro atoms. The monoisotopic (exact) mass is 335 g/mol. The van der Waals surface area contributed by atoms with Crippen molar-refractivity contribution in [2.24, 2.45) is 5.92 Å². The highest BCUT2D eigenvalue weighted by Crippen LogP contribution is 2.39. The maximum absolute atomic E-state index is 11.9. The van der Waals surface area contributed by atoms with Gasteiger partial charge in [0.2, 0.25) is 5.91 Å². The fourth-order valence-electron chi connectivity index (χ4n) is 2.67. The van der Waals surface area contributed by atoms with Crippen LogP contribution in [0.5, 0.6) is 0 Å². The first-order chi connectivity index (χ1) is 10.6. The Labute approximate surface area is 139 Å². The number of thioether (sulfide) groups is 1. The number of amides is 1. The van der Waals surface area contributed by atoms with Gasteiger partial charge in [-0.15, -0.1) is 11.3 Å². The van der Waals surface area contributed by atoms with E-state index in [1.54, 1.807) is 17.7 Å². The van der Waals surface area contributed by atoms with Gasteiger partial charge in [0.1, 0.15) is 16.2 Å². The molecule has 0 saturated carbocycles. The van der Waals surface area contributed by atoms with Crippen molar-refractivity contribution in [1.82, 2.24) is 15.3 Å². The van der Waals surface area contributed by atoms with Crippen molar-refractivity contribution in [1.29, 1.82) is 0 Å². The SMILES string of the molecule is CC(C)CNC(=O)CSc1ncnc2sc3c(c12)CCCC3. The second-order valence-electron chi connectivity index (χ2n) is 6.06. The summed E-state index contributed by atoms with van der Waals surface area (Å²) < 4.78 is 0. The van der Waals surface area contributed by atoms with E-state index in [1.165, 1.54) is 40.4 Å². The molecule has 4 nitrogen and oxygen atoms in total. The van der Waals surface area contributed by atoms with Crippen molar-refractivity contribution in [2.45, 2.75) is 44.6 Å². The lowest BCUT2D eigenvalue weighted by Crippen LogP contribution is -2.28. The average molecular weight is 335 g/mol. The van der Waals surface area contributed by atoms with E-state index in [2.05, 4.69) is 29.1 Å². The van der Waals surface area contributed by atoms with Gasteiger partial charge in [-0.2, -0.15) is 0 Å². The number of nitrogens with zero attached hydrogens (tertiary/aromatic N) is 2. The zero-order chi connectivity index (χ0) is 15.5. The first kappa shape index (κ1) is 15.7. The number of hydrogen-bond donors (Lipinski definition) is 1. The molecule has 0 saturated heterocycles. The number of aromatic nitrogens is 2. The number of hydrogen-bond acceptors (Lipinski definition) is 5. The van der Waals surface area contributed by atoms with Crippen LogP contribution in [0.1, 0.15) is 37.1 Å². The predicted octanol–water partition coefficient (Wildman–Crippen LogP) is 3.43. The first-order valence-corrected chi connectivity index (χ1v) is 9.60. The molecule has 0 aromatic carbocycles. The number of fused-ring (bicyclic) bond motifs is 3. The molecule has 22 heavy (non-hydrogen) atoms. The van der Waals surface area contributed by atoms with Crippen molar-refractivity contribution in [3.05, 3.63) is 16.8 Å². The van der Waals surface area contributed by atoms with Crippen molar-refractivity contribution >= 4 is 39.2 Å². The lowest BCUT2D eigenvalue weighted by Gasteiger charge is -2.11. The Morgan fingerprint density at radius 2 is 2.18 bits per heavy atom. The minimum atomic E-state index is 0.0783. The molecular weight excluding hydrogens is 314 g/mol. The Morgan fingerprint density at radius 3 is 3.00 bits per heavy atom.